The number of nitrogens with zero attached hydrogens (tertiary/aromatic N) is 4. The van der Waals surface area contributed by atoms with Gasteiger partial charge in [-0.1, -0.05) is 30.3 Å². The van der Waals surface area contributed by atoms with Crippen molar-refractivity contribution in [2.45, 2.75) is 43.3 Å². The Morgan fingerprint density at radius 3 is 2.23 bits per heavy atom. The molecule has 31 heavy (non-hydrogen) atoms. The van der Waals surface area contributed by atoms with Gasteiger partial charge < -0.3 is 15.7 Å². The first-order chi connectivity index (χ1) is 14.9. The molecule has 0 bridgehead atoms. The minimum absolute atomic E-state index is 0.0314. The molecule has 0 atom stereocenters. The molecule has 1 aromatic heterocycles. The summed E-state index contributed by atoms with van der Waals surface area (Å²) in [5.74, 6) is -0.169. The monoisotopic (exact) mass is 427 g/mol. The van der Waals surface area contributed by atoms with Gasteiger partial charge in [-0.3, -0.25) is 9.69 Å². The number of hydrogen-bond donors (Lipinski definition) is 2. The fourth-order valence-electron chi connectivity index (χ4n) is 4.74. The Morgan fingerprint density at radius 2 is 1.65 bits per heavy atom. The lowest BCUT2D eigenvalue weighted by molar-refractivity contribution is -0.149. The number of amides is 1. The highest BCUT2D eigenvalue weighted by atomic mass is 19.1. The van der Waals surface area contributed by atoms with Crippen LogP contribution in [-0.2, 0) is 16.8 Å². The fraction of sp³-hybridized carbons (Fsp3) is 0.522. The second-order valence-electron chi connectivity index (χ2n) is 8.79. The molecule has 7 nitrogen and oxygen atoms in total. The Bertz CT molecular complexity index is 877. The van der Waals surface area contributed by atoms with E-state index in [4.69, 9.17) is 5.73 Å². The second-order valence-corrected chi connectivity index (χ2v) is 8.79. The third kappa shape index (κ3) is 4.55. The Kier molecular flexibility index (Phi) is 6.20. The Morgan fingerprint density at radius 1 is 1.03 bits per heavy atom. The number of rotatable bonds is 5. The van der Waals surface area contributed by atoms with E-state index in [0.29, 0.717) is 45.6 Å². The van der Waals surface area contributed by atoms with E-state index >= 15 is 4.39 Å². The van der Waals surface area contributed by atoms with Crippen LogP contribution in [-0.4, -0.2) is 69.2 Å². The molecule has 2 aliphatic heterocycles. The molecule has 3 N–H and O–H groups in total. The molecule has 2 aromatic rings. The van der Waals surface area contributed by atoms with Crippen molar-refractivity contribution < 1.29 is 14.3 Å². The number of aliphatic hydroxyl groups is 1. The lowest BCUT2D eigenvalue weighted by Gasteiger charge is -2.44. The predicted molar refractivity (Wildman–Crippen MR) is 116 cm³/mol. The molecular formula is C23H30FN5O2. The van der Waals surface area contributed by atoms with Crippen LogP contribution >= 0.6 is 0 Å². The molecule has 0 spiro atoms. The molecule has 2 saturated heterocycles. The highest BCUT2D eigenvalue weighted by Crippen LogP contribution is 2.37. The number of benzene rings is 1. The SMILES string of the molecule is Nc1ncc(CN2CCC(F)(C(=O)N3CCC(CO)(c4ccccc4)CC3)CC2)cn1. The third-order valence-electron chi connectivity index (χ3n) is 6.86. The topological polar surface area (TPSA) is 95.6 Å². The van der Waals surface area contributed by atoms with E-state index < -0.39 is 11.6 Å². The lowest BCUT2D eigenvalue weighted by Crippen LogP contribution is -2.55. The van der Waals surface area contributed by atoms with Gasteiger partial charge >= 0.3 is 0 Å². The van der Waals surface area contributed by atoms with Crippen molar-refractivity contribution in [2.24, 2.45) is 0 Å². The maximum atomic E-state index is 15.6. The van der Waals surface area contributed by atoms with E-state index in [1.54, 1.807) is 17.3 Å². The Labute approximate surface area is 182 Å². The molecule has 0 aliphatic carbocycles. The molecule has 0 unspecified atom stereocenters. The first-order valence-electron chi connectivity index (χ1n) is 10.9. The van der Waals surface area contributed by atoms with Crippen LogP contribution in [0.2, 0.25) is 0 Å². The summed E-state index contributed by atoms with van der Waals surface area (Å²) in [4.78, 5) is 24.8. The molecule has 4 rings (SSSR count). The quantitative estimate of drug-likeness (QED) is 0.757. The number of aliphatic hydroxyl groups excluding tert-OH is 1. The first-order valence-corrected chi connectivity index (χ1v) is 10.9. The van der Waals surface area contributed by atoms with E-state index in [1.165, 1.54) is 0 Å². The molecule has 1 aromatic carbocycles. The summed E-state index contributed by atoms with van der Waals surface area (Å²) in [6.07, 6.45) is 5.00. The third-order valence-corrected chi connectivity index (χ3v) is 6.86. The highest BCUT2D eigenvalue weighted by molar-refractivity contribution is 5.85. The summed E-state index contributed by atoms with van der Waals surface area (Å²) >= 11 is 0. The largest absolute Gasteiger partial charge is 0.395 e. The van der Waals surface area contributed by atoms with E-state index in [0.717, 1.165) is 11.1 Å². The highest BCUT2D eigenvalue weighted by Gasteiger charge is 2.46. The zero-order valence-electron chi connectivity index (χ0n) is 17.7. The number of carbonyl (C=O) groups is 1. The predicted octanol–water partition coefficient (Wildman–Crippen LogP) is 1.92. The van der Waals surface area contributed by atoms with Crippen molar-refractivity contribution in [3.05, 3.63) is 53.9 Å². The number of piperidine rings is 2. The molecule has 2 fully saturated rings. The minimum atomic E-state index is -1.82. The maximum absolute atomic E-state index is 15.6. The maximum Gasteiger partial charge on any atom is 0.260 e. The molecule has 8 heteroatoms. The number of hydrogen-bond acceptors (Lipinski definition) is 6. The first kappa shape index (κ1) is 21.6. The molecular weight excluding hydrogens is 397 g/mol. The number of nitrogen functional groups attached to an aromatic ring is 1. The van der Waals surface area contributed by atoms with Crippen LogP contribution < -0.4 is 5.73 Å². The Hall–Kier alpha value is -2.58. The number of nitrogens with two attached hydrogens (primary N) is 1. The minimum Gasteiger partial charge on any atom is -0.395 e. The summed E-state index contributed by atoms with van der Waals surface area (Å²) in [5, 5.41) is 10.1. The average molecular weight is 428 g/mol. The number of aromatic nitrogens is 2. The zero-order chi connectivity index (χ0) is 21.9. The smallest absolute Gasteiger partial charge is 0.260 e. The summed E-state index contributed by atoms with van der Waals surface area (Å²) in [6.45, 7) is 2.59. The summed E-state index contributed by atoms with van der Waals surface area (Å²) in [5.41, 5.74) is 5.35. The van der Waals surface area contributed by atoms with Gasteiger partial charge in [0, 0.05) is 68.9 Å². The molecule has 1 amide bonds. The molecule has 166 valence electrons. The van der Waals surface area contributed by atoms with E-state index in [9.17, 15) is 9.90 Å². The van der Waals surface area contributed by atoms with Crippen LogP contribution in [0.5, 0.6) is 0 Å². The van der Waals surface area contributed by atoms with Crippen LogP contribution in [0.4, 0.5) is 10.3 Å². The summed E-state index contributed by atoms with van der Waals surface area (Å²) < 4.78 is 15.6. The van der Waals surface area contributed by atoms with E-state index in [1.807, 2.05) is 30.3 Å². The van der Waals surface area contributed by atoms with E-state index in [-0.39, 0.29) is 30.8 Å². The summed E-state index contributed by atoms with van der Waals surface area (Å²) in [6, 6.07) is 9.92. The molecule has 2 aliphatic rings. The molecule has 0 radical (unpaired) electrons. The lowest BCUT2D eigenvalue weighted by atomic mass is 9.73. The number of carbonyl (C=O) groups excluding carboxylic acids is 1. The zero-order valence-corrected chi connectivity index (χ0v) is 17.7. The summed E-state index contributed by atoms with van der Waals surface area (Å²) in [7, 11) is 0. The van der Waals surface area contributed by atoms with Gasteiger partial charge in [-0.15, -0.1) is 0 Å². The van der Waals surface area contributed by atoms with Gasteiger partial charge in [0.05, 0.1) is 6.61 Å². The van der Waals surface area contributed by atoms with Crippen molar-refractivity contribution in [3.63, 3.8) is 0 Å². The van der Waals surface area contributed by atoms with Crippen molar-refractivity contribution in [3.8, 4) is 0 Å². The standard InChI is InChI=1S/C23H30FN5O2/c24-23(8-10-28(11-9-23)16-18-14-26-21(25)27-15-18)20(31)29-12-6-22(17-30,7-13-29)19-4-2-1-3-5-19/h1-5,14-15,30H,6-13,16-17H2,(H2,25,26,27). The van der Waals surface area contributed by atoms with Gasteiger partial charge in [0.1, 0.15) is 0 Å². The molecule has 0 saturated carbocycles. The van der Waals surface area contributed by atoms with Crippen LogP contribution in [0.1, 0.15) is 36.8 Å². The number of likely N-dealkylation sites (tertiary alicyclic amines) is 2. The number of anilines is 1. The van der Waals surface area contributed by atoms with Crippen molar-refractivity contribution >= 4 is 11.9 Å². The number of halogens is 1. The van der Waals surface area contributed by atoms with Gasteiger partial charge in [0.25, 0.3) is 5.91 Å². The van der Waals surface area contributed by atoms with Gasteiger partial charge in [-0.2, -0.15) is 0 Å². The van der Waals surface area contributed by atoms with Gasteiger partial charge in [-0.25, -0.2) is 14.4 Å². The Balaban J connectivity index is 1.33. The van der Waals surface area contributed by atoms with Crippen LogP contribution in [0.3, 0.4) is 0 Å². The van der Waals surface area contributed by atoms with Crippen molar-refractivity contribution in [1.82, 2.24) is 19.8 Å². The molecule has 3 heterocycles. The van der Waals surface area contributed by atoms with Gasteiger partial charge in [0.15, 0.2) is 5.67 Å². The van der Waals surface area contributed by atoms with Crippen LogP contribution in [0.25, 0.3) is 0 Å². The second kappa shape index (κ2) is 8.88. The van der Waals surface area contributed by atoms with Crippen molar-refractivity contribution in [1.29, 1.82) is 0 Å². The van der Waals surface area contributed by atoms with Crippen LogP contribution in [0, 0.1) is 0 Å². The number of alkyl halides is 1. The van der Waals surface area contributed by atoms with Gasteiger partial charge in [0.2, 0.25) is 5.95 Å². The van der Waals surface area contributed by atoms with Crippen LogP contribution in [0.15, 0.2) is 42.7 Å². The normalized spacial score (nSPS) is 21.0. The fourth-order valence-corrected chi connectivity index (χ4v) is 4.74. The van der Waals surface area contributed by atoms with E-state index in [2.05, 4.69) is 14.9 Å². The average Bonchev–Trinajstić information content (AvgIpc) is 2.82. The van der Waals surface area contributed by atoms with Gasteiger partial charge in [-0.05, 0) is 18.4 Å². The van der Waals surface area contributed by atoms with Crippen molar-refractivity contribution in [2.75, 3.05) is 38.5 Å².